The zero-order valence-corrected chi connectivity index (χ0v) is 33.4. The van der Waals surface area contributed by atoms with E-state index in [-0.39, 0.29) is 47.6 Å². The van der Waals surface area contributed by atoms with E-state index in [1.54, 1.807) is 18.2 Å². The van der Waals surface area contributed by atoms with Crippen LogP contribution in [0.15, 0.2) is 54.6 Å². The van der Waals surface area contributed by atoms with Gasteiger partial charge in [0.25, 0.3) is 17.7 Å². The van der Waals surface area contributed by atoms with E-state index in [0.717, 1.165) is 60.6 Å². The summed E-state index contributed by atoms with van der Waals surface area (Å²) in [6.07, 6.45) is 3.26. The number of piperidine rings is 2. The Balaban J connectivity index is 0.799. The maximum atomic E-state index is 13.5. The molecule has 296 valence electrons. The molecular formula is C44H47ClN6O6. The second-order valence-electron chi connectivity index (χ2n) is 17.4. The predicted octanol–water partition coefficient (Wildman–Crippen LogP) is 5.85. The van der Waals surface area contributed by atoms with Crippen LogP contribution in [0.5, 0.6) is 5.75 Å². The molecule has 0 radical (unpaired) electrons. The molecule has 2 N–H and O–H groups in total. The summed E-state index contributed by atoms with van der Waals surface area (Å²) in [5.41, 5.74) is 4.16. The summed E-state index contributed by atoms with van der Waals surface area (Å²) >= 11 is 6.25. The first-order valence-corrected chi connectivity index (χ1v) is 20.2. The van der Waals surface area contributed by atoms with Gasteiger partial charge in [-0.2, -0.15) is 5.26 Å². The van der Waals surface area contributed by atoms with Gasteiger partial charge in [-0.05, 0) is 97.8 Å². The van der Waals surface area contributed by atoms with Gasteiger partial charge >= 0.3 is 0 Å². The largest absolute Gasteiger partial charge is 0.489 e. The molecule has 2 saturated heterocycles. The molecule has 3 fully saturated rings. The Morgan fingerprint density at radius 2 is 1.54 bits per heavy atom. The highest BCUT2D eigenvalue weighted by molar-refractivity contribution is 6.31. The van der Waals surface area contributed by atoms with Crippen molar-refractivity contribution in [3.8, 4) is 11.8 Å². The molecule has 0 spiro atoms. The summed E-state index contributed by atoms with van der Waals surface area (Å²) in [4.78, 5) is 69.9. The molecule has 4 heterocycles. The Hall–Kier alpha value is -5.25. The van der Waals surface area contributed by atoms with E-state index >= 15 is 0 Å². The number of fused-ring (bicyclic) bond motifs is 2. The van der Waals surface area contributed by atoms with E-state index < -0.39 is 23.8 Å². The highest BCUT2D eigenvalue weighted by atomic mass is 35.5. The summed E-state index contributed by atoms with van der Waals surface area (Å²) in [5.74, 6) is -0.861. The number of anilines is 1. The molecule has 0 unspecified atom stereocenters. The lowest BCUT2D eigenvalue weighted by Crippen LogP contribution is -2.74. The van der Waals surface area contributed by atoms with Gasteiger partial charge in [0.1, 0.15) is 24.0 Å². The Kier molecular flexibility index (Phi) is 9.89. The van der Waals surface area contributed by atoms with Crippen LogP contribution in [0, 0.1) is 28.1 Å². The number of ether oxygens (including phenoxy) is 1. The highest BCUT2D eigenvalue weighted by Gasteiger charge is 2.64. The topological polar surface area (TPSA) is 152 Å². The second kappa shape index (κ2) is 14.6. The number of carbonyl (C=O) groups excluding carboxylic acids is 5. The number of nitriles is 1. The van der Waals surface area contributed by atoms with Gasteiger partial charge in [0.05, 0.1) is 21.7 Å². The third kappa shape index (κ3) is 6.95. The molecule has 8 rings (SSSR count). The maximum Gasteiger partial charge on any atom is 0.262 e. The van der Waals surface area contributed by atoms with E-state index in [1.807, 2.05) is 36.4 Å². The van der Waals surface area contributed by atoms with Crippen LogP contribution in [0.4, 0.5) is 5.69 Å². The van der Waals surface area contributed by atoms with Crippen molar-refractivity contribution < 1.29 is 28.7 Å². The molecule has 0 aromatic heterocycles. The number of rotatable bonds is 9. The van der Waals surface area contributed by atoms with Gasteiger partial charge < -0.3 is 15.0 Å². The van der Waals surface area contributed by atoms with Crippen molar-refractivity contribution in [2.45, 2.75) is 91.1 Å². The van der Waals surface area contributed by atoms with Gasteiger partial charge in [0.2, 0.25) is 11.8 Å². The first-order valence-electron chi connectivity index (χ1n) is 19.8. The van der Waals surface area contributed by atoms with Crippen LogP contribution in [0.3, 0.4) is 0 Å². The van der Waals surface area contributed by atoms with Crippen LogP contribution < -0.4 is 20.3 Å². The predicted molar refractivity (Wildman–Crippen MR) is 213 cm³/mol. The van der Waals surface area contributed by atoms with Crippen LogP contribution >= 0.6 is 11.6 Å². The summed E-state index contributed by atoms with van der Waals surface area (Å²) in [6.45, 7) is 12.6. The molecular weight excluding hydrogens is 744 g/mol. The standard InChI is InChI=1S/C44H47ClN6O6/c1-43(2)41(44(3,4)42(43)57-31-10-7-27(22-46)34(45)21-31)48-37(53)26-5-8-30(9-6-26)50-17-14-25(15-18-50)13-16-49-23-28-19-32-33(20-29(28)24-49)40(56)51(39(32)55)35-11-12-36(52)47-38(35)54/h5-10,19-21,25,35,41-42H,11-18,23-24H2,1-4H3,(H,48,53)(H,47,52,54)/t35-,41?,42?/m0/s1. The third-order valence-corrected chi connectivity index (χ3v) is 13.3. The van der Waals surface area contributed by atoms with Gasteiger partial charge in [-0.15, -0.1) is 0 Å². The summed E-state index contributed by atoms with van der Waals surface area (Å²) in [7, 11) is 0. The molecule has 5 amide bonds. The fraction of sp³-hybridized carbons (Fsp3) is 0.455. The summed E-state index contributed by atoms with van der Waals surface area (Å²) < 4.78 is 6.38. The zero-order valence-electron chi connectivity index (χ0n) is 32.7. The average Bonchev–Trinajstić information content (AvgIpc) is 3.70. The SMILES string of the molecule is CC1(C)C(NC(=O)c2ccc(N3CCC(CCN4Cc5cc6c(cc5C4)C(=O)N([C@H]4CCC(=O)NC4=O)C6=O)CC3)cc2)C(C)(C)C1Oc1ccc(C#N)c(Cl)c1. The minimum atomic E-state index is -0.961. The van der Waals surface area contributed by atoms with E-state index in [9.17, 15) is 29.2 Å². The minimum absolute atomic E-state index is 0.0970. The first kappa shape index (κ1) is 38.6. The van der Waals surface area contributed by atoms with E-state index in [4.69, 9.17) is 16.3 Å². The summed E-state index contributed by atoms with van der Waals surface area (Å²) in [6, 6.07) is 17.6. The maximum absolute atomic E-state index is 13.5. The van der Waals surface area contributed by atoms with E-state index in [1.165, 1.54) is 0 Å². The minimum Gasteiger partial charge on any atom is -0.489 e. The Morgan fingerprint density at radius 3 is 2.12 bits per heavy atom. The molecule has 3 aromatic carbocycles. The number of carbonyl (C=O) groups is 5. The van der Waals surface area contributed by atoms with Gasteiger partial charge in [-0.3, -0.25) is 39.1 Å². The number of nitrogens with one attached hydrogen (secondary N) is 2. The number of amides is 5. The third-order valence-electron chi connectivity index (χ3n) is 12.9. The van der Waals surface area contributed by atoms with Crippen molar-refractivity contribution in [2.75, 3.05) is 24.5 Å². The molecule has 4 aliphatic heterocycles. The fourth-order valence-electron chi connectivity index (χ4n) is 10.1. The van der Waals surface area contributed by atoms with E-state index in [2.05, 4.69) is 54.2 Å². The van der Waals surface area contributed by atoms with Crippen molar-refractivity contribution in [1.29, 1.82) is 5.26 Å². The second-order valence-corrected chi connectivity index (χ2v) is 17.8. The van der Waals surface area contributed by atoms with Crippen LogP contribution in [0.1, 0.15) is 108 Å². The average molecular weight is 791 g/mol. The van der Waals surface area contributed by atoms with Crippen molar-refractivity contribution in [3.63, 3.8) is 0 Å². The van der Waals surface area contributed by atoms with Crippen LogP contribution in [-0.4, -0.2) is 77.2 Å². The van der Waals surface area contributed by atoms with E-state index in [0.29, 0.717) is 52.0 Å². The molecule has 57 heavy (non-hydrogen) atoms. The first-order chi connectivity index (χ1) is 27.1. The van der Waals surface area contributed by atoms with Gasteiger partial charge in [0, 0.05) is 66.8 Å². The molecule has 1 saturated carbocycles. The van der Waals surface area contributed by atoms with Crippen molar-refractivity contribution in [2.24, 2.45) is 16.7 Å². The normalized spacial score (nSPS) is 24.0. The van der Waals surface area contributed by atoms with Gasteiger partial charge in [-0.1, -0.05) is 39.3 Å². The highest BCUT2D eigenvalue weighted by Crippen LogP contribution is 2.55. The van der Waals surface area contributed by atoms with Crippen molar-refractivity contribution in [3.05, 3.63) is 93.0 Å². The van der Waals surface area contributed by atoms with Crippen LogP contribution in [0.25, 0.3) is 0 Å². The number of nitrogens with zero attached hydrogens (tertiary/aromatic N) is 4. The quantitative estimate of drug-likeness (QED) is 0.255. The van der Waals surface area contributed by atoms with Crippen LogP contribution in [-0.2, 0) is 22.7 Å². The lowest BCUT2D eigenvalue weighted by molar-refractivity contribution is -0.164. The van der Waals surface area contributed by atoms with Crippen molar-refractivity contribution >= 4 is 46.8 Å². The lowest BCUT2D eigenvalue weighted by atomic mass is 9.49. The summed E-state index contributed by atoms with van der Waals surface area (Å²) in [5, 5.41) is 15.1. The Morgan fingerprint density at radius 1 is 0.912 bits per heavy atom. The smallest absolute Gasteiger partial charge is 0.262 e. The van der Waals surface area contributed by atoms with Gasteiger partial charge in [0.15, 0.2) is 0 Å². The number of imide groups is 2. The molecule has 3 aromatic rings. The zero-order chi connectivity index (χ0) is 40.4. The number of hydrogen-bond acceptors (Lipinski definition) is 9. The number of benzene rings is 3. The van der Waals surface area contributed by atoms with Crippen LogP contribution in [0.2, 0.25) is 5.02 Å². The Bertz CT molecular complexity index is 2160. The number of hydrogen-bond donors (Lipinski definition) is 2. The molecule has 1 atom stereocenters. The molecule has 1 aliphatic carbocycles. The molecule has 5 aliphatic rings. The van der Waals surface area contributed by atoms with Gasteiger partial charge in [-0.25, -0.2) is 0 Å². The molecule has 0 bridgehead atoms. The molecule has 12 nitrogen and oxygen atoms in total. The molecule has 13 heteroatoms. The Labute approximate surface area is 337 Å². The lowest BCUT2D eigenvalue weighted by Gasteiger charge is -2.63. The fourth-order valence-corrected chi connectivity index (χ4v) is 10.3. The number of halogens is 1. The van der Waals surface area contributed by atoms with Crippen molar-refractivity contribution in [1.82, 2.24) is 20.4 Å². The monoisotopic (exact) mass is 790 g/mol.